The molecular formula is C24H24ClN5O2. The van der Waals surface area contributed by atoms with E-state index in [0.29, 0.717) is 17.2 Å². The number of aryl methyl sites for hydroxylation is 1. The maximum absolute atomic E-state index is 12.9. The highest BCUT2D eigenvalue weighted by Crippen LogP contribution is 2.46. The van der Waals surface area contributed by atoms with E-state index in [-0.39, 0.29) is 18.0 Å². The van der Waals surface area contributed by atoms with Crippen LogP contribution in [0.15, 0.2) is 66.2 Å². The van der Waals surface area contributed by atoms with Crippen LogP contribution in [0, 0.1) is 6.92 Å². The SMILES string of the molecule is C[C@@H]1C[C@@]2(N=C(N)N(C)C2=O)c2cc(-c3cncc(Cl)c3)ccc2O1.Cc1cccnc1. The molecule has 2 aliphatic rings. The zero-order valence-electron chi connectivity index (χ0n) is 18.1. The maximum Gasteiger partial charge on any atom is 0.261 e. The van der Waals surface area contributed by atoms with Crippen LogP contribution in [-0.4, -0.2) is 39.9 Å². The van der Waals surface area contributed by atoms with Gasteiger partial charge >= 0.3 is 0 Å². The van der Waals surface area contributed by atoms with Gasteiger partial charge < -0.3 is 10.5 Å². The van der Waals surface area contributed by atoms with Gasteiger partial charge in [0.05, 0.1) is 11.1 Å². The number of hydrogen-bond donors (Lipinski definition) is 1. The number of nitrogens with two attached hydrogens (primary N) is 1. The number of carbonyl (C=O) groups excluding carboxylic acids is 1. The lowest BCUT2D eigenvalue weighted by atomic mass is 9.81. The van der Waals surface area contributed by atoms with Crippen molar-refractivity contribution in [3.63, 3.8) is 0 Å². The summed E-state index contributed by atoms with van der Waals surface area (Å²) < 4.78 is 5.93. The second-order valence-corrected chi connectivity index (χ2v) is 8.40. The first kappa shape index (κ1) is 21.8. The molecule has 1 amide bonds. The topological polar surface area (TPSA) is 93.7 Å². The molecule has 0 radical (unpaired) electrons. The van der Waals surface area contributed by atoms with E-state index >= 15 is 0 Å². The number of aromatic nitrogens is 2. The minimum Gasteiger partial charge on any atom is -0.490 e. The zero-order valence-corrected chi connectivity index (χ0v) is 18.9. The Balaban J connectivity index is 0.000000300. The number of rotatable bonds is 1. The monoisotopic (exact) mass is 449 g/mol. The van der Waals surface area contributed by atoms with Crippen molar-refractivity contribution in [3.05, 3.63) is 77.3 Å². The first-order valence-electron chi connectivity index (χ1n) is 10.2. The van der Waals surface area contributed by atoms with E-state index in [1.807, 2.05) is 56.4 Å². The highest BCUT2D eigenvalue weighted by molar-refractivity contribution is 6.30. The average molecular weight is 450 g/mol. The van der Waals surface area contributed by atoms with Crippen LogP contribution in [0.25, 0.3) is 11.1 Å². The lowest BCUT2D eigenvalue weighted by molar-refractivity contribution is -0.132. The minimum absolute atomic E-state index is 0.136. The van der Waals surface area contributed by atoms with Crippen LogP contribution in [0.3, 0.4) is 0 Å². The summed E-state index contributed by atoms with van der Waals surface area (Å²) in [5.41, 5.74) is 8.58. The Labute approximate surface area is 191 Å². The Hall–Kier alpha value is -3.45. The molecule has 0 aliphatic carbocycles. The molecule has 8 heteroatoms. The Morgan fingerprint density at radius 1 is 1.16 bits per heavy atom. The number of halogens is 1. The van der Waals surface area contributed by atoms with E-state index < -0.39 is 5.54 Å². The molecule has 2 atom stereocenters. The van der Waals surface area contributed by atoms with Crippen molar-refractivity contribution in [1.82, 2.24) is 14.9 Å². The van der Waals surface area contributed by atoms with E-state index in [0.717, 1.165) is 16.7 Å². The molecule has 2 N–H and O–H groups in total. The molecule has 164 valence electrons. The van der Waals surface area contributed by atoms with Gasteiger partial charge in [0.25, 0.3) is 5.91 Å². The number of nitrogens with zero attached hydrogens (tertiary/aromatic N) is 4. The molecule has 0 bridgehead atoms. The van der Waals surface area contributed by atoms with Crippen LogP contribution in [0.5, 0.6) is 5.75 Å². The van der Waals surface area contributed by atoms with E-state index in [1.165, 1.54) is 10.5 Å². The molecule has 7 nitrogen and oxygen atoms in total. The number of pyridine rings is 2. The predicted molar refractivity (Wildman–Crippen MR) is 124 cm³/mol. The summed E-state index contributed by atoms with van der Waals surface area (Å²) in [7, 11) is 1.64. The van der Waals surface area contributed by atoms with Crippen molar-refractivity contribution < 1.29 is 9.53 Å². The van der Waals surface area contributed by atoms with Gasteiger partial charge in [0.1, 0.15) is 5.75 Å². The van der Waals surface area contributed by atoms with E-state index in [4.69, 9.17) is 22.1 Å². The lowest BCUT2D eigenvalue weighted by Gasteiger charge is -2.35. The summed E-state index contributed by atoms with van der Waals surface area (Å²) in [6.07, 6.45) is 7.22. The van der Waals surface area contributed by atoms with Crippen molar-refractivity contribution in [2.24, 2.45) is 10.7 Å². The number of likely N-dealkylation sites (N-methyl/N-ethyl adjacent to an activating group) is 1. The van der Waals surface area contributed by atoms with Gasteiger partial charge in [-0.05, 0) is 49.2 Å². The summed E-state index contributed by atoms with van der Waals surface area (Å²) in [5, 5.41) is 0.550. The van der Waals surface area contributed by atoms with Crippen molar-refractivity contribution in [2.75, 3.05) is 7.05 Å². The molecule has 3 aromatic rings. The number of benzene rings is 1. The van der Waals surface area contributed by atoms with Gasteiger partial charge in [-0.15, -0.1) is 0 Å². The van der Waals surface area contributed by atoms with Gasteiger partial charge in [-0.1, -0.05) is 23.7 Å². The van der Waals surface area contributed by atoms with E-state index in [1.54, 1.807) is 25.6 Å². The van der Waals surface area contributed by atoms with Crippen molar-refractivity contribution in [2.45, 2.75) is 31.9 Å². The number of fused-ring (bicyclic) bond motifs is 2. The average Bonchev–Trinajstić information content (AvgIpc) is 2.98. The largest absolute Gasteiger partial charge is 0.490 e. The van der Waals surface area contributed by atoms with Gasteiger partial charge in [-0.25, -0.2) is 4.99 Å². The molecule has 1 spiro atoms. The van der Waals surface area contributed by atoms with Crippen LogP contribution in [-0.2, 0) is 10.3 Å². The fourth-order valence-electron chi connectivity index (χ4n) is 3.95. The third-order valence-corrected chi connectivity index (χ3v) is 5.70. The first-order chi connectivity index (χ1) is 15.3. The molecule has 0 unspecified atom stereocenters. The van der Waals surface area contributed by atoms with Crippen molar-refractivity contribution in [3.8, 4) is 16.9 Å². The molecule has 2 aliphatic heterocycles. The molecule has 32 heavy (non-hydrogen) atoms. The summed E-state index contributed by atoms with van der Waals surface area (Å²) in [5.74, 6) is 0.736. The van der Waals surface area contributed by atoms with Gasteiger partial charge in [0.15, 0.2) is 11.5 Å². The van der Waals surface area contributed by atoms with Crippen molar-refractivity contribution in [1.29, 1.82) is 0 Å². The molecule has 0 fully saturated rings. The summed E-state index contributed by atoms with van der Waals surface area (Å²) in [4.78, 5) is 26.9. The fourth-order valence-corrected chi connectivity index (χ4v) is 4.12. The molecule has 0 saturated carbocycles. The standard InChI is InChI=1S/C18H17ClN4O2.C6H7N/c1-10-7-18(16(24)23(2)17(20)22-18)14-6-11(3-4-15(14)25-10)12-5-13(19)9-21-8-12;1-6-3-2-4-7-5-6/h3-6,8-10H,7H2,1-2H3,(H2,20,22);2-5H,1H3/t10-,18-;/m1./s1. The Kier molecular flexibility index (Phi) is 5.84. The smallest absolute Gasteiger partial charge is 0.261 e. The van der Waals surface area contributed by atoms with Crippen LogP contribution >= 0.6 is 11.6 Å². The third kappa shape index (κ3) is 4.03. The summed E-state index contributed by atoms with van der Waals surface area (Å²) in [6, 6.07) is 11.5. The second-order valence-electron chi connectivity index (χ2n) is 7.96. The Morgan fingerprint density at radius 3 is 2.56 bits per heavy atom. The number of amides is 1. The van der Waals surface area contributed by atoms with Crippen LogP contribution in [0.1, 0.15) is 24.5 Å². The normalized spacial score (nSPS) is 21.4. The molecule has 1 aromatic carbocycles. The van der Waals surface area contributed by atoms with Crippen LogP contribution < -0.4 is 10.5 Å². The van der Waals surface area contributed by atoms with Crippen LogP contribution in [0.4, 0.5) is 0 Å². The lowest BCUT2D eigenvalue weighted by Crippen LogP contribution is -2.45. The molecular weight excluding hydrogens is 426 g/mol. The number of hydrogen-bond acceptors (Lipinski definition) is 6. The fraction of sp³-hybridized carbons (Fsp3) is 0.250. The summed E-state index contributed by atoms with van der Waals surface area (Å²) >= 11 is 6.05. The molecule has 5 rings (SSSR count). The highest BCUT2D eigenvalue weighted by atomic mass is 35.5. The predicted octanol–water partition coefficient (Wildman–Crippen LogP) is 3.95. The van der Waals surface area contributed by atoms with Crippen LogP contribution in [0.2, 0.25) is 5.02 Å². The number of carbonyl (C=O) groups is 1. The van der Waals surface area contributed by atoms with E-state index in [9.17, 15) is 4.79 Å². The third-order valence-electron chi connectivity index (χ3n) is 5.49. The summed E-state index contributed by atoms with van der Waals surface area (Å²) in [6.45, 7) is 3.95. The Bertz CT molecular complexity index is 1180. The molecule has 4 heterocycles. The Morgan fingerprint density at radius 2 is 1.97 bits per heavy atom. The quantitative estimate of drug-likeness (QED) is 0.607. The van der Waals surface area contributed by atoms with Gasteiger partial charge in [-0.3, -0.25) is 19.7 Å². The number of ether oxygens (including phenoxy) is 1. The van der Waals surface area contributed by atoms with E-state index in [2.05, 4.69) is 15.0 Å². The highest BCUT2D eigenvalue weighted by Gasteiger charge is 2.52. The number of aliphatic imine (C=N–C) groups is 1. The molecule has 0 saturated heterocycles. The first-order valence-corrected chi connectivity index (χ1v) is 10.6. The zero-order chi connectivity index (χ0) is 22.9. The van der Waals surface area contributed by atoms with Gasteiger partial charge in [-0.2, -0.15) is 0 Å². The van der Waals surface area contributed by atoms with Gasteiger partial charge in [0.2, 0.25) is 0 Å². The minimum atomic E-state index is -1.03. The molecule has 2 aromatic heterocycles. The second kappa shape index (κ2) is 8.59. The number of guanidine groups is 1. The maximum atomic E-state index is 12.9. The van der Waals surface area contributed by atoms with Crippen molar-refractivity contribution >= 4 is 23.5 Å². The van der Waals surface area contributed by atoms with Gasteiger partial charge in [0, 0.05) is 49.4 Å².